The third kappa shape index (κ3) is 4.79. The molecule has 5 heteroatoms. The van der Waals surface area contributed by atoms with Gasteiger partial charge in [0.15, 0.2) is 5.76 Å². The Labute approximate surface area is 208 Å². The van der Waals surface area contributed by atoms with Gasteiger partial charge in [0, 0.05) is 23.7 Å². The molecule has 0 unspecified atom stereocenters. The van der Waals surface area contributed by atoms with Gasteiger partial charge < -0.3 is 9.26 Å². The maximum Gasteiger partial charge on any atom is 0.316 e. The van der Waals surface area contributed by atoms with E-state index in [-0.39, 0.29) is 5.97 Å². The van der Waals surface area contributed by atoms with Crippen LogP contribution in [0.1, 0.15) is 68.7 Å². The van der Waals surface area contributed by atoms with Crippen LogP contribution in [0, 0.1) is 6.92 Å². The molecule has 5 rings (SSSR count). The number of esters is 1. The van der Waals surface area contributed by atoms with Gasteiger partial charge in [0.2, 0.25) is 0 Å². The van der Waals surface area contributed by atoms with E-state index in [4.69, 9.17) is 9.26 Å². The molecular formula is C30H36N2O3. The van der Waals surface area contributed by atoms with Crippen LogP contribution in [0.15, 0.2) is 53.1 Å². The zero-order chi connectivity index (χ0) is 24.4. The number of aromatic nitrogens is 1. The number of benzene rings is 2. The van der Waals surface area contributed by atoms with E-state index >= 15 is 0 Å². The second kappa shape index (κ2) is 9.98. The van der Waals surface area contributed by atoms with Crippen molar-refractivity contribution in [3.05, 3.63) is 65.4 Å². The number of ether oxygens (including phenoxy) is 1. The zero-order valence-corrected chi connectivity index (χ0v) is 21.2. The maximum atomic E-state index is 12.4. The van der Waals surface area contributed by atoms with E-state index in [1.165, 1.54) is 37.7 Å². The van der Waals surface area contributed by atoms with Crippen LogP contribution in [-0.2, 0) is 21.5 Å². The average molecular weight is 473 g/mol. The second-order valence-electron chi connectivity index (χ2n) is 10.2. The summed E-state index contributed by atoms with van der Waals surface area (Å²) in [6, 6.07) is 17.5. The van der Waals surface area contributed by atoms with Gasteiger partial charge in [-0.15, -0.1) is 0 Å². The normalized spacial score (nSPS) is 17.5. The van der Waals surface area contributed by atoms with Crippen molar-refractivity contribution in [1.29, 1.82) is 0 Å². The van der Waals surface area contributed by atoms with Crippen molar-refractivity contribution in [2.24, 2.45) is 0 Å². The van der Waals surface area contributed by atoms with E-state index in [0.29, 0.717) is 12.6 Å². The summed E-state index contributed by atoms with van der Waals surface area (Å²) in [5, 5.41) is 4.30. The molecule has 0 spiro atoms. The van der Waals surface area contributed by atoms with Crippen LogP contribution in [0.5, 0.6) is 0 Å². The Balaban J connectivity index is 1.31. The Morgan fingerprint density at radius 2 is 1.60 bits per heavy atom. The quantitative estimate of drug-likeness (QED) is 0.342. The number of hydrogen-bond acceptors (Lipinski definition) is 5. The summed E-state index contributed by atoms with van der Waals surface area (Å²) in [7, 11) is 2.23. The molecule has 35 heavy (non-hydrogen) atoms. The molecule has 184 valence electrons. The third-order valence-electron chi connectivity index (χ3n) is 7.92. The lowest BCUT2D eigenvalue weighted by molar-refractivity contribution is -0.146. The molecule has 2 aromatic carbocycles. The fourth-order valence-corrected chi connectivity index (χ4v) is 5.50. The van der Waals surface area contributed by atoms with E-state index < -0.39 is 5.41 Å². The summed E-state index contributed by atoms with van der Waals surface area (Å²) in [4.78, 5) is 14.9. The lowest BCUT2D eigenvalue weighted by Gasteiger charge is -2.31. The van der Waals surface area contributed by atoms with Crippen molar-refractivity contribution in [2.45, 2.75) is 76.8 Å². The molecule has 1 aromatic heterocycles. The fourth-order valence-electron chi connectivity index (χ4n) is 5.50. The summed E-state index contributed by atoms with van der Waals surface area (Å²) in [5.41, 5.74) is 6.10. The molecule has 2 saturated carbocycles. The smallest absolute Gasteiger partial charge is 0.316 e. The first kappa shape index (κ1) is 23.8. The van der Waals surface area contributed by atoms with Crippen LogP contribution < -0.4 is 0 Å². The summed E-state index contributed by atoms with van der Waals surface area (Å²) >= 11 is 0. The van der Waals surface area contributed by atoms with Crippen molar-refractivity contribution in [2.75, 3.05) is 13.7 Å². The van der Waals surface area contributed by atoms with Crippen LogP contribution in [0.2, 0.25) is 0 Å². The Bertz CT molecular complexity index is 1150. The maximum absolute atomic E-state index is 12.4. The first-order chi connectivity index (χ1) is 17.0. The van der Waals surface area contributed by atoms with E-state index in [0.717, 1.165) is 53.1 Å². The molecule has 0 N–H and O–H groups in total. The highest BCUT2D eigenvalue weighted by Crippen LogP contribution is 2.49. The van der Waals surface area contributed by atoms with Crippen LogP contribution in [0.3, 0.4) is 0 Å². The van der Waals surface area contributed by atoms with Crippen molar-refractivity contribution >= 4 is 5.97 Å². The first-order valence-electron chi connectivity index (χ1n) is 13.1. The van der Waals surface area contributed by atoms with E-state index in [1.54, 1.807) is 0 Å². The van der Waals surface area contributed by atoms with Gasteiger partial charge in [0.25, 0.3) is 0 Å². The molecule has 0 radical (unpaired) electrons. The molecule has 0 atom stereocenters. The van der Waals surface area contributed by atoms with Crippen LogP contribution in [0.25, 0.3) is 22.5 Å². The molecule has 0 bridgehead atoms. The predicted octanol–water partition coefficient (Wildman–Crippen LogP) is 6.68. The second-order valence-corrected chi connectivity index (χ2v) is 10.2. The SMILES string of the molecule is CCOC(=O)C1(c2ccc(-c3ccc(-c4onc(C)c4CN(C)C4CCCCC4)cc3)cc2)CC1. The minimum absolute atomic E-state index is 0.0932. The number of nitrogens with zero attached hydrogens (tertiary/aromatic N) is 2. The van der Waals surface area contributed by atoms with Gasteiger partial charge >= 0.3 is 5.97 Å². The summed E-state index contributed by atoms with van der Waals surface area (Å²) < 4.78 is 11.1. The van der Waals surface area contributed by atoms with Gasteiger partial charge in [0.1, 0.15) is 0 Å². The number of carbonyl (C=O) groups excluding carboxylic acids is 1. The highest BCUT2D eigenvalue weighted by Gasteiger charge is 2.52. The van der Waals surface area contributed by atoms with E-state index in [9.17, 15) is 4.79 Å². The van der Waals surface area contributed by atoms with Crippen LogP contribution in [-0.4, -0.2) is 35.7 Å². The van der Waals surface area contributed by atoms with Crippen molar-refractivity contribution < 1.29 is 14.1 Å². The van der Waals surface area contributed by atoms with Crippen molar-refractivity contribution in [3.63, 3.8) is 0 Å². The van der Waals surface area contributed by atoms with Gasteiger partial charge in [-0.1, -0.05) is 73.0 Å². The van der Waals surface area contributed by atoms with Gasteiger partial charge in [-0.25, -0.2) is 0 Å². The van der Waals surface area contributed by atoms with Gasteiger partial charge in [-0.05, 0) is 63.3 Å². The van der Waals surface area contributed by atoms with Crippen molar-refractivity contribution in [1.82, 2.24) is 10.1 Å². The molecule has 0 saturated heterocycles. The summed E-state index contributed by atoms with van der Waals surface area (Å²) in [6.07, 6.45) is 8.33. The average Bonchev–Trinajstić information content (AvgIpc) is 3.64. The fraction of sp³-hybridized carbons (Fsp3) is 0.467. The van der Waals surface area contributed by atoms with E-state index in [1.807, 2.05) is 13.8 Å². The highest BCUT2D eigenvalue weighted by atomic mass is 16.5. The Hall–Kier alpha value is -2.92. The van der Waals surface area contributed by atoms with E-state index in [2.05, 4.69) is 65.6 Å². The number of hydrogen-bond donors (Lipinski definition) is 0. The minimum atomic E-state index is -0.427. The number of rotatable bonds is 8. The zero-order valence-electron chi connectivity index (χ0n) is 21.2. The largest absolute Gasteiger partial charge is 0.465 e. The Morgan fingerprint density at radius 3 is 2.20 bits per heavy atom. The van der Waals surface area contributed by atoms with Gasteiger partial charge in [-0.3, -0.25) is 9.69 Å². The molecule has 2 aliphatic carbocycles. The van der Waals surface area contributed by atoms with Gasteiger partial charge in [-0.2, -0.15) is 0 Å². The summed E-state index contributed by atoms with van der Waals surface area (Å²) in [5.74, 6) is 0.779. The standard InChI is InChI=1S/C30H36N2O3/c1-4-34-29(33)30(18-19-30)25-16-14-23(15-17-25)22-10-12-24(13-11-22)28-27(21(2)31-35-28)20-32(3)26-8-6-5-7-9-26/h10-17,26H,4-9,18-20H2,1-3H3. The first-order valence-corrected chi connectivity index (χ1v) is 13.1. The molecule has 0 amide bonds. The lowest BCUT2D eigenvalue weighted by atomic mass is 9.93. The van der Waals surface area contributed by atoms with Crippen molar-refractivity contribution in [3.8, 4) is 22.5 Å². The molecule has 3 aromatic rings. The molecule has 1 heterocycles. The lowest BCUT2D eigenvalue weighted by Crippen LogP contribution is -2.33. The predicted molar refractivity (Wildman–Crippen MR) is 138 cm³/mol. The third-order valence-corrected chi connectivity index (χ3v) is 7.92. The number of aryl methyl sites for hydroxylation is 1. The Kier molecular flexibility index (Phi) is 6.79. The summed E-state index contributed by atoms with van der Waals surface area (Å²) in [6.45, 7) is 5.18. The molecule has 2 aliphatic rings. The minimum Gasteiger partial charge on any atom is -0.465 e. The molecule has 2 fully saturated rings. The number of carbonyl (C=O) groups is 1. The van der Waals surface area contributed by atoms with Gasteiger partial charge in [0.05, 0.1) is 17.7 Å². The molecule has 0 aliphatic heterocycles. The Morgan fingerprint density at radius 1 is 1.00 bits per heavy atom. The topological polar surface area (TPSA) is 55.6 Å². The van der Waals surface area contributed by atoms with Crippen LogP contribution in [0.4, 0.5) is 0 Å². The monoisotopic (exact) mass is 472 g/mol. The van der Waals surface area contributed by atoms with Crippen LogP contribution >= 0.6 is 0 Å². The molecular weight excluding hydrogens is 436 g/mol. The molecule has 5 nitrogen and oxygen atoms in total. The highest BCUT2D eigenvalue weighted by molar-refractivity contribution is 5.87.